The van der Waals surface area contributed by atoms with Gasteiger partial charge in [-0.1, -0.05) is 0 Å². The summed E-state index contributed by atoms with van der Waals surface area (Å²) < 4.78 is 1.68. The molecule has 1 aliphatic carbocycles. The van der Waals surface area contributed by atoms with E-state index in [0.29, 0.717) is 18.0 Å². The van der Waals surface area contributed by atoms with E-state index in [1.165, 1.54) is 0 Å². The van der Waals surface area contributed by atoms with Gasteiger partial charge < -0.3 is 10.0 Å². The van der Waals surface area contributed by atoms with E-state index in [4.69, 9.17) is 0 Å². The summed E-state index contributed by atoms with van der Waals surface area (Å²) in [6.45, 7) is 2.27. The van der Waals surface area contributed by atoms with Gasteiger partial charge in [-0.2, -0.15) is 5.10 Å². The Kier molecular flexibility index (Phi) is 3.19. The Balaban J connectivity index is 2.01. The average molecular weight is 237 g/mol. The lowest BCUT2D eigenvalue weighted by molar-refractivity contribution is 0.0644. The summed E-state index contributed by atoms with van der Waals surface area (Å²) in [7, 11) is 3.53. The second-order valence-corrected chi connectivity index (χ2v) is 4.86. The SMILES string of the molecule is Cc1c(C(=O)N(C)CC(O)C2CC2)cnn1C. The highest BCUT2D eigenvalue weighted by Gasteiger charge is 2.31. The molecule has 1 heterocycles. The molecule has 1 unspecified atom stereocenters. The van der Waals surface area contributed by atoms with Crippen LogP contribution in [0.3, 0.4) is 0 Å². The fourth-order valence-electron chi connectivity index (χ4n) is 1.91. The highest BCUT2D eigenvalue weighted by molar-refractivity contribution is 5.94. The molecule has 1 amide bonds. The van der Waals surface area contributed by atoms with Crippen LogP contribution < -0.4 is 0 Å². The molecule has 1 saturated carbocycles. The van der Waals surface area contributed by atoms with E-state index in [-0.39, 0.29) is 12.0 Å². The quantitative estimate of drug-likeness (QED) is 0.833. The van der Waals surface area contributed by atoms with Crippen molar-refractivity contribution in [2.24, 2.45) is 13.0 Å². The van der Waals surface area contributed by atoms with Crippen molar-refractivity contribution in [3.8, 4) is 0 Å². The Morgan fingerprint density at radius 2 is 2.35 bits per heavy atom. The zero-order valence-corrected chi connectivity index (χ0v) is 10.6. The molecule has 1 fully saturated rings. The first kappa shape index (κ1) is 12.1. The van der Waals surface area contributed by atoms with Gasteiger partial charge in [0.05, 0.1) is 17.9 Å². The van der Waals surface area contributed by atoms with Gasteiger partial charge >= 0.3 is 0 Å². The predicted molar refractivity (Wildman–Crippen MR) is 63.6 cm³/mol. The summed E-state index contributed by atoms with van der Waals surface area (Å²) in [5, 5.41) is 13.9. The first-order valence-corrected chi connectivity index (χ1v) is 5.93. The molecule has 0 aromatic carbocycles. The second-order valence-electron chi connectivity index (χ2n) is 4.86. The van der Waals surface area contributed by atoms with E-state index in [1.54, 1.807) is 22.8 Å². The van der Waals surface area contributed by atoms with Crippen LogP contribution in [-0.4, -0.2) is 45.4 Å². The van der Waals surface area contributed by atoms with Crippen LogP contribution in [0.5, 0.6) is 0 Å². The Morgan fingerprint density at radius 1 is 1.71 bits per heavy atom. The number of aliphatic hydroxyl groups is 1. The third-order valence-electron chi connectivity index (χ3n) is 3.44. The Labute approximate surface area is 101 Å². The molecule has 0 radical (unpaired) electrons. The normalized spacial score (nSPS) is 16.9. The molecule has 1 atom stereocenters. The molecule has 0 saturated heterocycles. The van der Waals surface area contributed by atoms with Crippen LogP contribution in [0.1, 0.15) is 28.9 Å². The van der Waals surface area contributed by atoms with E-state index in [1.807, 2.05) is 14.0 Å². The number of likely N-dealkylation sites (N-methyl/N-ethyl adjacent to an activating group) is 1. The number of aryl methyl sites for hydroxylation is 1. The minimum Gasteiger partial charge on any atom is -0.391 e. The number of hydrogen-bond acceptors (Lipinski definition) is 3. The molecular weight excluding hydrogens is 218 g/mol. The van der Waals surface area contributed by atoms with Crippen LogP contribution in [0.2, 0.25) is 0 Å². The number of aromatic nitrogens is 2. The maximum absolute atomic E-state index is 12.1. The number of aliphatic hydroxyl groups excluding tert-OH is 1. The molecule has 1 aromatic heterocycles. The van der Waals surface area contributed by atoms with Crippen molar-refractivity contribution in [2.75, 3.05) is 13.6 Å². The maximum atomic E-state index is 12.1. The van der Waals surface area contributed by atoms with Crippen LogP contribution in [0.25, 0.3) is 0 Å². The highest BCUT2D eigenvalue weighted by atomic mass is 16.3. The van der Waals surface area contributed by atoms with Crippen molar-refractivity contribution in [1.29, 1.82) is 0 Å². The molecule has 1 aliphatic rings. The Bertz CT molecular complexity index is 423. The maximum Gasteiger partial charge on any atom is 0.257 e. The van der Waals surface area contributed by atoms with Gasteiger partial charge in [0, 0.05) is 26.3 Å². The van der Waals surface area contributed by atoms with Crippen LogP contribution in [0.15, 0.2) is 6.20 Å². The van der Waals surface area contributed by atoms with Crippen molar-refractivity contribution < 1.29 is 9.90 Å². The molecule has 0 aliphatic heterocycles. The average Bonchev–Trinajstić information content (AvgIpc) is 3.07. The van der Waals surface area contributed by atoms with Crippen molar-refractivity contribution in [3.05, 3.63) is 17.5 Å². The van der Waals surface area contributed by atoms with Gasteiger partial charge in [0.1, 0.15) is 0 Å². The van der Waals surface area contributed by atoms with Crippen LogP contribution in [0, 0.1) is 12.8 Å². The van der Waals surface area contributed by atoms with Gasteiger partial charge in [-0.05, 0) is 25.7 Å². The lowest BCUT2D eigenvalue weighted by Crippen LogP contribution is -2.35. The first-order chi connectivity index (χ1) is 8.00. The summed E-state index contributed by atoms with van der Waals surface area (Å²) in [4.78, 5) is 13.7. The summed E-state index contributed by atoms with van der Waals surface area (Å²) in [5.41, 5.74) is 1.46. The number of nitrogens with zero attached hydrogens (tertiary/aromatic N) is 3. The van der Waals surface area contributed by atoms with Crippen LogP contribution in [-0.2, 0) is 7.05 Å². The molecule has 2 rings (SSSR count). The minimum atomic E-state index is -0.388. The fourth-order valence-corrected chi connectivity index (χ4v) is 1.91. The van der Waals surface area contributed by atoms with Crippen molar-refractivity contribution >= 4 is 5.91 Å². The summed E-state index contributed by atoms with van der Waals surface area (Å²) >= 11 is 0. The molecule has 5 nitrogen and oxygen atoms in total. The van der Waals surface area contributed by atoms with Crippen molar-refractivity contribution in [3.63, 3.8) is 0 Å². The molecule has 0 bridgehead atoms. The lowest BCUT2D eigenvalue weighted by atomic mass is 10.2. The lowest BCUT2D eigenvalue weighted by Gasteiger charge is -2.20. The number of hydrogen-bond donors (Lipinski definition) is 1. The number of carbonyl (C=O) groups excluding carboxylic acids is 1. The third kappa shape index (κ3) is 2.49. The largest absolute Gasteiger partial charge is 0.391 e. The van der Waals surface area contributed by atoms with Crippen molar-refractivity contribution in [1.82, 2.24) is 14.7 Å². The van der Waals surface area contributed by atoms with Gasteiger partial charge in [-0.25, -0.2) is 0 Å². The molecule has 0 spiro atoms. The van der Waals surface area contributed by atoms with E-state index in [9.17, 15) is 9.90 Å². The zero-order chi connectivity index (χ0) is 12.6. The smallest absolute Gasteiger partial charge is 0.257 e. The molecular formula is C12H19N3O2. The second kappa shape index (κ2) is 4.49. The standard InChI is InChI=1S/C12H19N3O2/c1-8-10(6-13-15(8)3)12(17)14(2)7-11(16)9-4-5-9/h6,9,11,16H,4-5,7H2,1-3H3. The monoisotopic (exact) mass is 237 g/mol. The number of carbonyl (C=O) groups is 1. The van der Waals surface area contributed by atoms with Gasteiger partial charge in [-0.3, -0.25) is 9.48 Å². The number of rotatable bonds is 4. The topological polar surface area (TPSA) is 58.4 Å². The third-order valence-corrected chi connectivity index (χ3v) is 3.44. The van der Waals surface area contributed by atoms with Crippen LogP contribution in [0.4, 0.5) is 0 Å². The van der Waals surface area contributed by atoms with Crippen LogP contribution >= 0.6 is 0 Å². The van der Waals surface area contributed by atoms with E-state index < -0.39 is 0 Å². The predicted octanol–water partition coefficient (Wildman–Crippen LogP) is 0.571. The molecule has 1 N–H and O–H groups in total. The van der Waals surface area contributed by atoms with Gasteiger partial charge in [0.15, 0.2) is 0 Å². The number of amides is 1. The minimum absolute atomic E-state index is 0.0738. The van der Waals surface area contributed by atoms with E-state index in [2.05, 4.69) is 5.10 Å². The Hall–Kier alpha value is -1.36. The zero-order valence-electron chi connectivity index (χ0n) is 10.6. The summed E-state index contributed by atoms with van der Waals surface area (Å²) in [6, 6.07) is 0. The molecule has 5 heteroatoms. The highest BCUT2D eigenvalue weighted by Crippen LogP contribution is 2.32. The molecule has 1 aromatic rings. The fraction of sp³-hybridized carbons (Fsp3) is 0.667. The Morgan fingerprint density at radius 3 is 2.82 bits per heavy atom. The summed E-state index contributed by atoms with van der Waals surface area (Å²) in [6.07, 6.45) is 3.35. The first-order valence-electron chi connectivity index (χ1n) is 5.93. The van der Waals surface area contributed by atoms with E-state index in [0.717, 1.165) is 18.5 Å². The van der Waals surface area contributed by atoms with Gasteiger partial charge in [-0.15, -0.1) is 0 Å². The molecule has 17 heavy (non-hydrogen) atoms. The summed E-state index contributed by atoms with van der Waals surface area (Å²) in [5.74, 6) is 0.315. The van der Waals surface area contributed by atoms with E-state index >= 15 is 0 Å². The molecule has 94 valence electrons. The van der Waals surface area contributed by atoms with Gasteiger partial charge in [0.2, 0.25) is 0 Å². The van der Waals surface area contributed by atoms with Gasteiger partial charge in [0.25, 0.3) is 5.91 Å². The van der Waals surface area contributed by atoms with Crippen molar-refractivity contribution in [2.45, 2.75) is 25.9 Å².